The third-order valence-corrected chi connectivity index (χ3v) is 2.63. The van der Waals surface area contributed by atoms with Crippen LogP contribution in [0.2, 0.25) is 0 Å². The van der Waals surface area contributed by atoms with Crippen molar-refractivity contribution in [3.8, 4) is 0 Å². The van der Waals surface area contributed by atoms with Crippen molar-refractivity contribution < 1.29 is 22.0 Å². The van der Waals surface area contributed by atoms with Crippen molar-refractivity contribution in [3.05, 3.63) is 35.4 Å². The number of rotatable bonds is 5. The molecule has 0 heterocycles. The molecule has 1 aromatic rings. The molecule has 1 N–H and O–H groups in total. The van der Waals surface area contributed by atoms with E-state index in [-0.39, 0.29) is 36.2 Å². The second-order valence-electron chi connectivity index (χ2n) is 3.18. The summed E-state index contributed by atoms with van der Waals surface area (Å²) in [5, 5.41) is 2.61. The average Bonchev–Trinajstić information content (AvgIpc) is 2.22. The zero-order valence-corrected chi connectivity index (χ0v) is 9.47. The van der Waals surface area contributed by atoms with E-state index < -0.39 is 17.1 Å². The monoisotopic (exact) mass is 271 g/mol. The molecule has 0 aliphatic heterocycles. The summed E-state index contributed by atoms with van der Waals surface area (Å²) in [5.74, 6) is -2.10. The van der Waals surface area contributed by atoms with Gasteiger partial charge in [-0.2, -0.15) is 13.2 Å². The van der Waals surface area contributed by atoms with Crippen LogP contribution >= 0.6 is 11.8 Å². The molecule has 96 valence electrons. The van der Waals surface area contributed by atoms with Crippen LogP contribution in [0.15, 0.2) is 18.2 Å². The molecule has 17 heavy (non-hydrogen) atoms. The summed E-state index contributed by atoms with van der Waals surface area (Å²) >= 11 is -0.154. The summed E-state index contributed by atoms with van der Waals surface area (Å²) in [6, 6.07) is 3.71. The van der Waals surface area contributed by atoms with Crippen LogP contribution in [-0.4, -0.2) is 17.8 Å². The number of benzene rings is 1. The highest BCUT2D eigenvalue weighted by molar-refractivity contribution is 8.00. The molecule has 0 saturated heterocycles. The summed E-state index contributed by atoms with van der Waals surface area (Å²) in [7, 11) is 0. The van der Waals surface area contributed by atoms with Crippen LogP contribution in [0.5, 0.6) is 0 Å². The summed E-state index contributed by atoms with van der Waals surface area (Å²) in [6.07, 6.45) is 0. The maximum Gasteiger partial charge on any atom is 0.441 e. The van der Waals surface area contributed by atoms with Gasteiger partial charge >= 0.3 is 5.51 Å². The van der Waals surface area contributed by atoms with Gasteiger partial charge in [0.1, 0.15) is 0 Å². The smallest absolute Gasteiger partial charge is 0.312 e. The largest absolute Gasteiger partial charge is 0.441 e. The Morgan fingerprint density at radius 1 is 1.18 bits per heavy atom. The fraction of sp³-hybridized carbons (Fsp3) is 0.400. The molecular formula is C10H10F5NS. The molecule has 0 spiro atoms. The first-order valence-electron chi connectivity index (χ1n) is 4.74. The van der Waals surface area contributed by atoms with Gasteiger partial charge in [-0.15, -0.1) is 0 Å². The number of thioether (sulfide) groups is 1. The van der Waals surface area contributed by atoms with Crippen molar-refractivity contribution in [2.24, 2.45) is 0 Å². The van der Waals surface area contributed by atoms with Gasteiger partial charge in [0.25, 0.3) is 0 Å². The fourth-order valence-electron chi connectivity index (χ4n) is 1.15. The van der Waals surface area contributed by atoms with Crippen LogP contribution in [-0.2, 0) is 6.54 Å². The normalized spacial score (nSPS) is 11.8. The minimum absolute atomic E-state index is 0.00199. The van der Waals surface area contributed by atoms with Crippen LogP contribution in [0.25, 0.3) is 0 Å². The Kier molecular flexibility index (Phi) is 5.20. The van der Waals surface area contributed by atoms with Gasteiger partial charge in [-0.25, -0.2) is 8.78 Å². The third kappa shape index (κ3) is 5.36. The van der Waals surface area contributed by atoms with Gasteiger partial charge in [-0.1, -0.05) is 12.1 Å². The molecule has 0 unspecified atom stereocenters. The van der Waals surface area contributed by atoms with Crippen LogP contribution in [0.1, 0.15) is 5.56 Å². The van der Waals surface area contributed by atoms with E-state index in [2.05, 4.69) is 5.32 Å². The quantitative estimate of drug-likeness (QED) is 0.651. The standard InChI is InChI=1S/C10H10F5NS/c11-8-3-1-2-7(9(8)12)6-16-4-5-17-10(13,14)15/h1-3,16H,4-6H2. The second kappa shape index (κ2) is 6.20. The van der Waals surface area contributed by atoms with Gasteiger partial charge in [-0.3, -0.25) is 0 Å². The molecule has 0 aliphatic rings. The lowest BCUT2D eigenvalue weighted by Crippen LogP contribution is -2.19. The van der Waals surface area contributed by atoms with E-state index in [1.54, 1.807) is 0 Å². The Morgan fingerprint density at radius 2 is 1.88 bits per heavy atom. The highest BCUT2D eigenvalue weighted by atomic mass is 32.2. The Bertz CT molecular complexity index is 366. The first-order chi connectivity index (χ1) is 7.90. The zero-order valence-electron chi connectivity index (χ0n) is 8.65. The number of halogens is 5. The average molecular weight is 271 g/mol. The zero-order chi connectivity index (χ0) is 12.9. The van der Waals surface area contributed by atoms with Gasteiger partial charge < -0.3 is 5.32 Å². The molecule has 7 heteroatoms. The molecule has 0 bridgehead atoms. The number of hydrogen-bond donors (Lipinski definition) is 1. The van der Waals surface area contributed by atoms with Crippen molar-refractivity contribution in [2.45, 2.75) is 12.1 Å². The van der Waals surface area contributed by atoms with Gasteiger partial charge in [0, 0.05) is 24.4 Å². The molecule has 1 nitrogen and oxygen atoms in total. The van der Waals surface area contributed by atoms with Crippen molar-refractivity contribution in [1.29, 1.82) is 0 Å². The van der Waals surface area contributed by atoms with Crippen LogP contribution in [0, 0.1) is 11.6 Å². The van der Waals surface area contributed by atoms with E-state index in [0.29, 0.717) is 0 Å². The minimum atomic E-state index is -4.26. The van der Waals surface area contributed by atoms with E-state index in [0.717, 1.165) is 6.07 Å². The van der Waals surface area contributed by atoms with Gasteiger partial charge in [0.2, 0.25) is 0 Å². The Hall–Kier alpha value is -0.820. The molecule has 0 aromatic heterocycles. The van der Waals surface area contributed by atoms with Gasteiger partial charge in [0.15, 0.2) is 11.6 Å². The molecular weight excluding hydrogens is 261 g/mol. The molecule has 0 atom stereocenters. The molecule has 0 aliphatic carbocycles. The van der Waals surface area contributed by atoms with Crippen LogP contribution < -0.4 is 5.32 Å². The molecule has 0 radical (unpaired) electrons. The first kappa shape index (κ1) is 14.2. The van der Waals surface area contributed by atoms with E-state index in [4.69, 9.17) is 0 Å². The first-order valence-corrected chi connectivity index (χ1v) is 5.73. The van der Waals surface area contributed by atoms with Crippen LogP contribution in [0.4, 0.5) is 22.0 Å². The van der Waals surface area contributed by atoms with Crippen molar-refractivity contribution in [2.75, 3.05) is 12.3 Å². The van der Waals surface area contributed by atoms with Crippen molar-refractivity contribution >= 4 is 11.8 Å². The predicted octanol–water partition coefficient (Wildman–Crippen LogP) is 3.31. The van der Waals surface area contributed by atoms with E-state index >= 15 is 0 Å². The topological polar surface area (TPSA) is 12.0 Å². The van der Waals surface area contributed by atoms with Gasteiger partial charge in [0.05, 0.1) is 0 Å². The van der Waals surface area contributed by atoms with Crippen molar-refractivity contribution in [1.82, 2.24) is 5.32 Å². The Morgan fingerprint density at radius 3 is 2.53 bits per heavy atom. The molecule has 1 aromatic carbocycles. The fourth-order valence-corrected chi connectivity index (χ4v) is 1.62. The third-order valence-electron chi connectivity index (χ3n) is 1.89. The highest BCUT2D eigenvalue weighted by Crippen LogP contribution is 2.29. The molecule has 0 saturated carbocycles. The maximum atomic E-state index is 13.1. The number of hydrogen-bond acceptors (Lipinski definition) is 2. The summed E-state index contributed by atoms with van der Waals surface area (Å²) in [6.45, 7) is 0.0716. The molecule has 0 fully saturated rings. The molecule has 0 amide bonds. The lowest BCUT2D eigenvalue weighted by molar-refractivity contribution is -0.0327. The van der Waals surface area contributed by atoms with E-state index in [1.165, 1.54) is 12.1 Å². The minimum Gasteiger partial charge on any atom is -0.312 e. The summed E-state index contributed by atoms with van der Waals surface area (Å²) < 4.78 is 61.1. The van der Waals surface area contributed by atoms with Crippen molar-refractivity contribution in [3.63, 3.8) is 0 Å². The Balaban J connectivity index is 2.29. The Labute approximate surface area is 99.4 Å². The van der Waals surface area contributed by atoms with E-state index in [1.807, 2.05) is 0 Å². The highest BCUT2D eigenvalue weighted by Gasteiger charge is 2.27. The number of alkyl halides is 3. The summed E-state index contributed by atoms with van der Waals surface area (Å²) in [5.41, 5.74) is -4.16. The SMILES string of the molecule is Fc1cccc(CNCCSC(F)(F)F)c1F. The predicted molar refractivity (Wildman–Crippen MR) is 56.6 cm³/mol. The van der Waals surface area contributed by atoms with E-state index in [9.17, 15) is 22.0 Å². The van der Waals surface area contributed by atoms with Gasteiger partial charge in [-0.05, 0) is 17.8 Å². The summed E-state index contributed by atoms with van der Waals surface area (Å²) in [4.78, 5) is 0. The molecule has 1 rings (SSSR count). The van der Waals surface area contributed by atoms with Crippen LogP contribution in [0.3, 0.4) is 0 Å². The lowest BCUT2D eigenvalue weighted by Gasteiger charge is -2.07. The second-order valence-corrected chi connectivity index (χ2v) is 4.34. The lowest BCUT2D eigenvalue weighted by atomic mass is 10.2. The maximum absolute atomic E-state index is 13.1. The number of nitrogens with one attached hydrogen (secondary N) is 1.